The molecular formula is C24H28F2N4O3. The molecule has 33 heavy (non-hydrogen) atoms. The van der Waals surface area contributed by atoms with E-state index < -0.39 is 29.3 Å². The number of nitrogens with zero attached hydrogens (tertiary/aromatic N) is 1. The minimum Gasteiger partial charge on any atom is -0.497 e. The molecule has 1 saturated carbocycles. The van der Waals surface area contributed by atoms with E-state index in [-0.39, 0.29) is 12.5 Å². The molecule has 4 N–H and O–H groups in total. The number of nitrogens with one attached hydrogen (secondary N) is 3. The molecule has 1 heterocycles. The molecule has 2 amide bonds. The number of H-pyrrole nitrogens is 1. The van der Waals surface area contributed by atoms with Gasteiger partial charge in [0.1, 0.15) is 23.2 Å². The summed E-state index contributed by atoms with van der Waals surface area (Å²) in [6.07, 6.45) is 2.68. The standard InChI is InChI=1S/C24H28F2N4O3/c1-24(32)9-7-16(8-10-24)27-23(31)30-21(11-14-3-5-17(33-2)13-18(14)26)22-28-19-6-4-15(25)12-20(19)29-22/h3-6,12-13,16,21,32H,7-11H2,1-2H3,(H,28,29)(H2,27,30,31)/t16?,21-,24?/m1/s1. The van der Waals surface area contributed by atoms with Gasteiger partial charge < -0.3 is 25.5 Å². The highest BCUT2D eigenvalue weighted by Crippen LogP contribution is 2.28. The van der Waals surface area contributed by atoms with Crippen molar-refractivity contribution in [3.63, 3.8) is 0 Å². The molecule has 1 atom stereocenters. The van der Waals surface area contributed by atoms with Crippen LogP contribution in [0.25, 0.3) is 11.0 Å². The Morgan fingerprint density at radius 1 is 1.27 bits per heavy atom. The number of aromatic amines is 1. The lowest BCUT2D eigenvalue weighted by Gasteiger charge is -2.33. The van der Waals surface area contributed by atoms with Crippen LogP contribution in [0.15, 0.2) is 36.4 Å². The Morgan fingerprint density at radius 2 is 2.03 bits per heavy atom. The molecule has 1 aromatic heterocycles. The van der Waals surface area contributed by atoms with Crippen molar-refractivity contribution in [2.24, 2.45) is 0 Å². The summed E-state index contributed by atoms with van der Waals surface area (Å²) in [5.41, 5.74) is 0.707. The first-order chi connectivity index (χ1) is 15.7. The van der Waals surface area contributed by atoms with Crippen molar-refractivity contribution in [2.75, 3.05) is 7.11 Å². The van der Waals surface area contributed by atoms with Crippen molar-refractivity contribution < 1.29 is 23.4 Å². The molecule has 176 valence electrons. The summed E-state index contributed by atoms with van der Waals surface area (Å²) in [7, 11) is 1.46. The maximum Gasteiger partial charge on any atom is 0.315 e. The zero-order valence-corrected chi connectivity index (χ0v) is 18.6. The monoisotopic (exact) mass is 458 g/mol. The summed E-state index contributed by atoms with van der Waals surface area (Å²) in [5.74, 6) is -0.0778. The van der Waals surface area contributed by atoms with E-state index in [2.05, 4.69) is 20.6 Å². The fourth-order valence-electron chi connectivity index (χ4n) is 4.19. The first-order valence-corrected chi connectivity index (χ1v) is 11.0. The zero-order chi connectivity index (χ0) is 23.6. The molecule has 4 rings (SSSR count). The van der Waals surface area contributed by atoms with Crippen molar-refractivity contribution in [1.82, 2.24) is 20.6 Å². The van der Waals surface area contributed by atoms with E-state index in [1.165, 1.54) is 25.3 Å². The smallest absolute Gasteiger partial charge is 0.315 e. The lowest BCUT2D eigenvalue weighted by Crippen LogP contribution is -2.47. The molecule has 1 aliphatic rings. The highest BCUT2D eigenvalue weighted by molar-refractivity contribution is 5.76. The van der Waals surface area contributed by atoms with Crippen LogP contribution in [0, 0.1) is 11.6 Å². The van der Waals surface area contributed by atoms with Gasteiger partial charge in [-0.3, -0.25) is 0 Å². The third-order valence-corrected chi connectivity index (χ3v) is 6.18. The van der Waals surface area contributed by atoms with Gasteiger partial charge in [-0.25, -0.2) is 18.6 Å². The fraction of sp³-hybridized carbons (Fsp3) is 0.417. The summed E-state index contributed by atoms with van der Waals surface area (Å²) in [5, 5.41) is 15.9. The lowest BCUT2D eigenvalue weighted by molar-refractivity contribution is 0.0151. The van der Waals surface area contributed by atoms with Crippen LogP contribution in [-0.4, -0.2) is 39.9 Å². The van der Waals surface area contributed by atoms with Gasteiger partial charge in [0.05, 0.1) is 29.8 Å². The number of methoxy groups -OCH3 is 1. The van der Waals surface area contributed by atoms with Gasteiger partial charge in [0, 0.05) is 18.5 Å². The van der Waals surface area contributed by atoms with E-state index in [0.29, 0.717) is 53.9 Å². The van der Waals surface area contributed by atoms with Crippen molar-refractivity contribution in [3.05, 3.63) is 59.4 Å². The van der Waals surface area contributed by atoms with Crippen LogP contribution < -0.4 is 15.4 Å². The van der Waals surface area contributed by atoms with E-state index in [0.717, 1.165) is 0 Å². The predicted octanol–water partition coefficient (Wildman–Crippen LogP) is 4.13. The SMILES string of the molecule is COc1ccc(C[C@@H](NC(=O)NC2CCC(C)(O)CC2)c2nc3ccc(F)cc3[nH]2)c(F)c1. The van der Waals surface area contributed by atoms with Gasteiger partial charge in [-0.05, 0) is 62.4 Å². The Kier molecular flexibility index (Phi) is 6.51. The number of ether oxygens (including phenoxy) is 1. The van der Waals surface area contributed by atoms with Crippen LogP contribution in [0.3, 0.4) is 0 Å². The number of carbonyl (C=O) groups excluding carboxylic acids is 1. The topological polar surface area (TPSA) is 99.3 Å². The number of urea groups is 1. The summed E-state index contributed by atoms with van der Waals surface area (Å²) in [4.78, 5) is 20.3. The van der Waals surface area contributed by atoms with Gasteiger partial charge >= 0.3 is 6.03 Å². The number of benzene rings is 2. The highest BCUT2D eigenvalue weighted by Gasteiger charge is 2.30. The Labute approximate surface area is 190 Å². The fourth-order valence-corrected chi connectivity index (χ4v) is 4.19. The maximum atomic E-state index is 14.6. The van der Waals surface area contributed by atoms with Gasteiger partial charge in [-0.1, -0.05) is 6.07 Å². The number of aliphatic hydroxyl groups is 1. The number of hydrogen-bond donors (Lipinski definition) is 4. The quantitative estimate of drug-likeness (QED) is 0.446. The second-order valence-corrected chi connectivity index (χ2v) is 8.89. The number of hydrogen-bond acceptors (Lipinski definition) is 4. The van der Waals surface area contributed by atoms with Crippen molar-refractivity contribution in [2.45, 2.75) is 56.7 Å². The van der Waals surface area contributed by atoms with Gasteiger partial charge in [0.2, 0.25) is 0 Å². The van der Waals surface area contributed by atoms with Crippen molar-refractivity contribution in [1.29, 1.82) is 0 Å². The first-order valence-electron chi connectivity index (χ1n) is 11.0. The summed E-state index contributed by atoms with van der Waals surface area (Å²) >= 11 is 0. The summed E-state index contributed by atoms with van der Waals surface area (Å²) in [6.45, 7) is 1.80. The number of amides is 2. The van der Waals surface area contributed by atoms with Crippen LogP contribution in [0.5, 0.6) is 5.75 Å². The van der Waals surface area contributed by atoms with Crippen LogP contribution in [0.4, 0.5) is 13.6 Å². The minimum absolute atomic E-state index is 0.0617. The third-order valence-electron chi connectivity index (χ3n) is 6.18. The average Bonchev–Trinajstić information content (AvgIpc) is 3.19. The lowest BCUT2D eigenvalue weighted by atomic mass is 9.84. The van der Waals surface area contributed by atoms with Gasteiger partial charge in [-0.2, -0.15) is 0 Å². The molecule has 2 aromatic carbocycles. The van der Waals surface area contributed by atoms with Crippen LogP contribution in [0.1, 0.15) is 50.0 Å². The van der Waals surface area contributed by atoms with E-state index in [1.54, 1.807) is 25.1 Å². The summed E-state index contributed by atoms with van der Waals surface area (Å²) < 4.78 is 33.3. The Morgan fingerprint density at radius 3 is 2.73 bits per heavy atom. The van der Waals surface area contributed by atoms with Crippen molar-refractivity contribution >= 4 is 17.1 Å². The number of carbonyl (C=O) groups is 1. The van der Waals surface area contributed by atoms with Crippen LogP contribution in [-0.2, 0) is 6.42 Å². The zero-order valence-electron chi connectivity index (χ0n) is 18.6. The highest BCUT2D eigenvalue weighted by atomic mass is 19.1. The minimum atomic E-state index is -0.702. The molecule has 0 aliphatic heterocycles. The molecule has 0 saturated heterocycles. The normalized spacial score (nSPS) is 21.5. The van der Waals surface area contributed by atoms with E-state index in [9.17, 15) is 18.7 Å². The average molecular weight is 459 g/mol. The second-order valence-electron chi connectivity index (χ2n) is 8.89. The number of aromatic nitrogens is 2. The van der Waals surface area contributed by atoms with Gasteiger partial charge in [0.15, 0.2) is 0 Å². The molecule has 0 spiro atoms. The Balaban J connectivity index is 1.54. The molecule has 7 nitrogen and oxygen atoms in total. The molecular weight excluding hydrogens is 430 g/mol. The van der Waals surface area contributed by atoms with E-state index in [4.69, 9.17) is 4.74 Å². The molecule has 0 radical (unpaired) electrons. The number of halogens is 2. The number of fused-ring (bicyclic) bond motifs is 1. The maximum absolute atomic E-state index is 14.6. The molecule has 1 aliphatic carbocycles. The molecule has 0 bridgehead atoms. The predicted molar refractivity (Wildman–Crippen MR) is 120 cm³/mol. The molecule has 0 unspecified atom stereocenters. The Bertz CT molecular complexity index is 1140. The van der Waals surface area contributed by atoms with Gasteiger partial charge in [-0.15, -0.1) is 0 Å². The number of imidazole rings is 1. The van der Waals surface area contributed by atoms with Crippen LogP contribution >= 0.6 is 0 Å². The van der Waals surface area contributed by atoms with E-state index >= 15 is 0 Å². The number of rotatable bonds is 6. The summed E-state index contributed by atoms with van der Waals surface area (Å²) in [6, 6.07) is 7.56. The Hall–Kier alpha value is -3.20. The molecule has 1 fully saturated rings. The van der Waals surface area contributed by atoms with Crippen LogP contribution in [0.2, 0.25) is 0 Å². The third kappa shape index (κ3) is 5.60. The van der Waals surface area contributed by atoms with E-state index in [1.807, 2.05) is 0 Å². The van der Waals surface area contributed by atoms with Crippen molar-refractivity contribution in [3.8, 4) is 5.75 Å². The molecule has 3 aromatic rings. The largest absolute Gasteiger partial charge is 0.497 e. The van der Waals surface area contributed by atoms with Gasteiger partial charge in [0.25, 0.3) is 0 Å². The first kappa shape index (κ1) is 23.0. The second kappa shape index (κ2) is 9.35. The molecule has 9 heteroatoms.